The number of aromatic nitrogens is 2. The van der Waals surface area contributed by atoms with E-state index in [0.29, 0.717) is 17.1 Å². The fourth-order valence-electron chi connectivity index (χ4n) is 3.50. The highest BCUT2D eigenvalue weighted by molar-refractivity contribution is 6.04. The Balaban J connectivity index is 0.00000210. The Hall–Kier alpha value is -1.83. The van der Waals surface area contributed by atoms with Gasteiger partial charge in [0.15, 0.2) is 0 Å². The average molecular weight is 445 g/mol. The summed E-state index contributed by atoms with van der Waals surface area (Å²) in [6.45, 7) is 8.33. The third kappa shape index (κ3) is 5.84. The second-order valence-electron chi connectivity index (χ2n) is 7.23. The van der Waals surface area contributed by atoms with Gasteiger partial charge < -0.3 is 15.1 Å². The van der Waals surface area contributed by atoms with Crippen LogP contribution in [0.25, 0.3) is 0 Å². The number of unbranched alkanes of at least 4 members (excludes halogenated alkanes) is 1. The molecule has 0 aliphatic carbocycles. The van der Waals surface area contributed by atoms with Crippen molar-refractivity contribution in [1.29, 1.82) is 0 Å². The zero-order valence-corrected chi connectivity index (χ0v) is 18.8. The molecule has 3 rings (SSSR count). The van der Waals surface area contributed by atoms with Gasteiger partial charge in [0, 0.05) is 18.0 Å². The number of piperidine rings is 1. The lowest BCUT2D eigenvalue weighted by Gasteiger charge is -2.22. The molecule has 2 aromatic heterocycles. The number of hydrogen-bond acceptors (Lipinski definition) is 5. The summed E-state index contributed by atoms with van der Waals surface area (Å²) in [6, 6.07) is 1.84. The number of nitrogens with one attached hydrogen (secondary N) is 2. The van der Waals surface area contributed by atoms with Crippen molar-refractivity contribution < 1.29 is 9.21 Å². The number of carbonyl (C=O) groups excluding carboxylic acids is 1. The minimum Gasteiger partial charge on any atom is -0.427 e. The lowest BCUT2D eigenvalue weighted by molar-refractivity contribution is 0.102. The van der Waals surface area contributed by atoms with Crippen molar-refractivity contribution in [2.75, 3.05) is 18.4 Å². The molecule has 9 heteroatoms. The molecule has 0 atom stereocenters. The molecule has 0 bridgehead atoms. The Kier molecular flexibility index (Phi) is 9.89. The van der Waals surface area contributed by atoms with Gasteiger partial charge in [-0.3, -0.25) is 4.79 Å². The zero-order chi connectivity index (χ0) is 19.4. The number of hydrogen-bond donors (Lipinski definition) is 2. The van der Waals surface area contributed by atoms with Gasteiger partial charge >= 0.3 is 5.63 Å². The van der Waals surface area contributed by atoms with Crippen molar-refractivity contribution in [3.8, 4) is 0 Å². The van der Waals surface area contributed by atoms with Crippen molar-refractivity contribution >= 4 is 36.5 Å². The molecule has 3 heterocycles. The smallest absolute Gasteiger partial charge is 0.349 e. The summed E-state index contributed by atoms with van der Waals surface area (Å²) in [6.07, 6.45) is 5.59. The van der Waals surface area contributed by atoms with Crippen LogP contribution in [0.4, 0.5) is 5.82 Å². The maximum Gasteiger partial charge on any atom is 0.349 e. The molecular weight excluding hydrogens is 415 g/mol. The fraction of sp³-hybridized carbons (Fsp3) is 0.550. The first-order valence-corrected chi connectivity index (χ1v) is 9.70. The van der Waals surface area contributed by atoms with Crippen molar-refractivity contribution in [2.45, 2.75) is 58.9 Å². The molecule has 1 saturated heterocycles. The number of amides is 1. The number of rotatable bonds is 6. The van der Waals surface area contributed by atoms with E-state index in [4.69, 9.17) is 4.42 Å². The normalized spacial score (nSPS) is 14.0. The maximum absolute atomic E-state index is 12.8. The van der Waals surface area contributed by atoms with E-state index in [0.717, 1.165) is 50.9 Å². The van der Waals surface area contributed by atoms with Crippen molar-refractivity contribution in [3.63, 3.8) is 0 Å². The fourth-order valence-corrected chi connectivity index (χ4v) is 3.50. The minimum atomic E-state index is -0.571. The van der Waals surface area contributed by atoms with E-state index in [1.807, 2.05) is 13.0 Å². The lowest BCUT2D eigenvalue weighted by atomic mass is 9.94. The molecule has 0 aromatic carbocycles. The second kappa shape index (κ2) is 11.4. The molecule has 1 aliphatic heterocycles. The van der Waals surface area contributed by atoms with Gasteiger partial charge in [-0.2, -0.15) is 5.10 Å². The molecule has 0 spiro atoms. The van der Waals surface area contributed by atoms with Crippen LogP contribution in [-0.2, 0) is 6.54 Å². The molecule has 1 fully saturated rings. The predicted octanol–water partition coefficient (Wildman–Crippen LogP) is 3.82. The van der Waals surface area contributed by atoms with Crippen molar-refractivity contribution in [1.82, 2.24) is 15.1 Å². The molecule has 2 N–H and O–H groups in total. The summed E-state index contributed by atoms with van der Waals surface area (Å²) in [5.74, 6) is 1.10. The van der Waals surface area contributed by atoms with Gasteiger partial charge in [0.2, 0.25) is 0 Å². The first-order valence-electron chi connectivity index (χ1n) is 9.70. The Labute approximate surface area is 183 Å². The molecular formula is C20H30Cl2N4O3. The Bertz CT molecular complexity index is 873. The summed E-state index contributed by atoms with van der Waals surface area (Å²) < 4.78 is 7.30. The number of aryl methyl sites for hydroxylation is 3. The molecule has 2 aromatic rings. The van der Waals surface area contributed by atoms with E-state index in [1.165, 1.54) is 0 Å². The summed E-state index contributed by atoms with van der Waals surface area (Å²) in [5, 5.41) is 10.5. The predicted molar refractivity (Wildman–Crippen MR) is 119 cm³/mol. The SMILES string of the molecule is CCCCn1ncc(C)c1NC(=O)c1c(C)cc(C2CCNCC2)oc1=O.Cl.Cl. The van der Waals surface area contributed by atoms with E-state index >= 15 is 0 Å². The standard InChI is InChI=1S/C20H28N4O3.2ClH/c1-4-5-10-24-18(14(3)12-22-24)23-19(25)17-13(2)11-16(27-20(17)26)15-6-8-21-9-7-15;;/h11-12,15,21H,4-10H2,1-3H3,(H,23,25);2*1H. The van der Waals surface area contributed by atoms with Crippen LogP contribution < -0.4 is 16.3 Å². The highest BCUT2D eigenvalue weighted by Gasteiger charge is 2.23. The van der Waals surface area contributed by atoms with Crippen LogP contribution in [-0.4, -0.2) is 28.8 Å². The monoisotopic (exact) mass is 444 g/mol. The molecule has 162 valence electrons. The summed E-state index contributed by atoms with van der Waals surface area (Å²) in [7, 11) is 0. The first kappa shape index (κ1) is 25.2. The van der Waals surface area contributed by atoms with E-state index < -0.39 is 11.5 Å². The number of nitrogens with zero attached hydrogens (tertiary/aromatic N) is 2. The molecule has 29 heavy (non-hydrogen) atoms. The molecule has 7 nitrogen and oxygen atoms in total. The summed E-state index contributed by atoms with van der Waals surface area (Å²) >= 11 is 0. The Morgan fingerprint density at radius 3 is 2.59 bits per heavy atom. The second-order valence-corrected chi connectivity index (χ2v) is 7.23. The van der Waals surface area contributed by atoms with Gasteiger partial charge in [-0.25, -0.2) is 9.48 Å². The van der Waals surface area contributed by atoms with Gasteiger partial charge in [-0.05, 0) is 57.8 Å². The highest BCUT2D eigenvalue weighted by Crippen LogP contribution is 2.25. The van der Waals surface area contributed by atoms with Gasteiger partial charge in [0.25, 0.3) is 5.91 Å². The average Bonchev–Trinajstić information content (AvgIpc) is 3.00. The van der Waals surface area contributed by atoms with Crippen LogP contribution >= 0.6 is 24.8 Å². The van der Waals surface area contributed by atoms with Gasteiger partial charge in [0.05, 0.1) is 6.20 Å². The summed E-state index contributed by atoms with van der Waals surface area (Å²) in [5.41, 5.74) is 1.01. The van der Waals surface area contributed by atoms with Gasteiger partial charge in [0.1, 0.15) is 17.1 Å². The topological polar surface area (TPSA) is 89.2 Å². The largest absolute Gasteiger partial charge is 0.427 e. The number of anilines is 1. The van der Waals surface area contributed by atoms with Crippen LogP contribution in [0, 0.1) is 13.8 Å². The molecule has 1 amide bonds. The zero-order valence-electron chi connectivity index (χ0n) is 17.1. The van der Waals surface area contributed by atoms with Crippen LogP contribution in [0.15, 0.2) is 21.5 Å². The Morgan fingerprint density at radius 1 is 1.28 bits per heavy atom. The molecule has 1 aliphatic rings. The molecule has 0 radical (unpaired) electrons. The van der Waals surface area contributed by atoms with Gasteiger partial charge in [-0.1, -0.05) is 13.3 Å². The maximum atomic E-state index is 12.8. The highest BCUT2D eigenvalue weighted by atomic mass is 35.5. The third-order valence-corrected chi connectivity index (χ3v) is 5.11. The first-order chi connectivity index (χ1) is 13.0. The van der Waals surface area contributed by atoms with Crippen LogP contribution in [0.2, 0.25) is 0 Å². The van der Waals surface area contributed by atoms with Crippen LogP contribution in [0.5, 0.6) is 0 Å². The molecule has 0 saturated carbocycles. The summed E-state index contributed by atoms with van der Waals surface area (Å²) in [4.78, 5) is 25.3. The Morgan fingerprint density at radius 2 is 1.97 bits per heavy atom. The number of carbonyl (C=O) groups is 1. The lowest BCUT2D eigenvalue weighted by Crippen LogP contribution is -2.28. The van der Waals surface area contributed by atoms with E-state index in [1.54, 1.807) is 17.8 Å². The van der Waals surface area contributed by atoms with E-state index in [2.05, 4.69) is 22.7 Å². The van der Waals surface area contributed by atoms with Crippen molar-refractivity contribution in [3.05, 3.63) is 45.1 Å². The molecule has 0 unspecified atom stereocenters. The van der Waals surface area contributed by atoms with E-state index in [9.17, 15) is 9.59 Å². The number of halogens is 2. The van der Waals surface area contributed by atoms with Crippen LogP contribution in [0.1, 0.15) is 65.8 Å². The minimum absolute atomic E-state index is 0. The van der Waals surface area contributed by atoms with Crippen molar-refractivity contribution in [2.24, 2.45) is 0 Å². The third-order valence-electron chi connectivity index (χ3n) is 5.11. The van der Waals surface area contributed by atoms with Crippen LogP contribution in [0.3, 0.4) is 0 Å². The van der Waals surface area contributed by atoms with Gasteiger partial charge in [-0.15, -0.1) is 24.8 Å². The van der Waals surface area contributed by atoms with E-state index in [-0.39, 0.29) is 36.3 Å². The quantitative estimate of drug-likeness (QED) is 0.706.